The molecule has 3 rings (SSSR count). The van der Waals surface area contributed by atoms with Crippen LogP contribution in [-0.2, 0) is 6.42 Å². The Balaban J connectivity index is 2.27. The first-order valence-corrected chi connectivity index (χ1v) is 7.68. The van der Waals surface area contributed by atoms with Crippen LogP contribution in [0.25, 0.3) is 16.9 Å². The quantitative estimate of drug-likeness (QED) is 0.667. The molecule has 0 N–H and O–H groups in total. The van der Waals surface area contributed by atoms with Crippen LogP contribution < -0.4 is 0 Å². The molecule has 0 aliphatic rings. The average Bonchev–Trinajstić information content (AvgIpc) is 2.79. The van der Waals surface area contributed by atoms with Crippen molar-refractivity contribution in [3.63, 3.8) is 0 Å². The lowest BCUT2D eigenvalue weighted by Crippen LogP contribution is -2.03. The van der Waals surface area contributed by atoms with E-state index in [4.69, 9.17) is 23.2 Å². The predicted molar refractivity (Wildman–Crippen MR) is 87.8 cm³/mol. The van der Waals surface area contributed by atoms with Gasteiger partial charge in [-0.15, -0.1) is 11.6 Å². The third kappa shape index (κ3) is 2.63. The van der Waals surface area contributed by atoms with Gasteiger partial charge >= 0.3 is 0 Å². The maximum absolute atomic E-state index is 6.01. The minimum Gasteiger partial charge on any atom is -0.281 e. The highest BCUT2D eigenvalue weighted by atomic mass is 35.5. The number of halogens is 2. The third-order valence-corrected chi connectivity index (χ3v) is 4.00. The zero-order valence-corrected chi connectivity index (χ0v) is 13.4. The maximum atomic E-state index is 6.01. The van der Waals surface area contributed by atoms with E-state index >= 15 is 0 Å². The molecule has 21 heavy (non-hydrogen) atoms. The van der Waals surface area contributed by atoms with Gasteiger partial charge in [-0.3, -0.25) is 4.57 Å². The third-order valence-electron chi connectivity index (χ3n) is 3.60. The molecule has 3 aromatic rings. The molecule has 0 unspecified atom stereocenters. The number of benzene rings is 1. The molecular weight excluding hydrogens is 305 g/mol. The number of hydrogen-bond acceptors (Lipinski definition) is 2. The average molecular weight is 320 g/mol. The van der Waals surface area contributed by atoms with Gasteiger partial charge in [0.2, 0.25) is 0 Å². The van der Waals surface area contributed by atoms with E-state index in [9.17, 15) is 0 Å². The van der Waals surface area contributed by atoms with Crippen LogP contribution in [-0.4, -0.2) is 20.4 Å². The molecule has 0 saturated heterocycles. The number of alkyl halides is 1. The summed E-state index contributed by atoms with van der Waals surface area (Å²) in [4.78, 5) is 9.06. The van der Waals surface area contributed by atoms with Crippen LogP contribution in [0.4, 0.5) is 0 Å². The first-order valence-electron chi connectivity index (χ1n) is 6.76. The van der Waals surface area contributed by atoms with Gasteiger partial charge in [-0.05, 0) is 43.2 Å². The van der Waals surface area contributed by atoms with Gasteiger partial charge in [-0.25, -0.2) is 9.97 Å². The SMILES string of the molecule is Cc1ccc(-n2c(CCCl)nc3cc(Cl)cnc32)cc1C. The fraction of sp³-hybridized carbons (Fsp3) is 0.250. The monoisotopic (exact) mass is 319 g/mol. The lowest BCUT2D eigenvalue weighted by atomic mass is 10.1. The molecule has 0 aliphatic carbocycles. The molecule has 0 bridgehead atoms. The largest absolute Gasteiger partial charge is 0.281 e. The van der Waals surface area contributed by atoms with Gasteiger partial charge in [0.25, 0.3) is 0 Å². The molecule has 0 fully saturated rings. The molecule has 5 heteroatoms. The first kappa shape index (κ1) is 14.4. The van der Waals surface area contributed by atoms with Crippen molar-refractivity contribution in [3.8, 4) is 5.69 Å². The molecule has 0 saturated carbocycles. The summed E-state index contributed by atoms with van der Waals surface area (Å²) in [6, 6.07) is 8.16. The first-order chi connectivity index (χ1) is 10.1. The Kier molecular flexibility index (Phi) is 3.87. The molecule has 108 valence electrons. The number of fused-ring (bicyclic) bond motifs is 1. The molecular formula is C16H15Cl2N3. The van der Waals surface area contributed by atoms with Crippen LogP contribution in [0.2, 0.25) is 5.02 Å². The van der Waals surface area contributed by atoms with Gasteiger partial charge < -0.3 is 0 Å². The molecule has 0 atom stereocenters. The summed E-state index contributed by atoms with van der Waals surface area (Å²) in [5, 5.41) is 0.588. The fourth-order valence-corrected chi connectivity index (χ4v) is 2.70. The molecule has 0 amide bonds. The zero-order valence-electron chi connectivity index (χ0n) is 11.9. The van der Waals surface area contributed by atoms with Crippen molar-refractivity contribution in [2.75, 3.05) is 5.88 Å². The molecule has 0 aliphatic heterocycles. The topological polar surface area (TPSA) is 30.7 Å². The van der Waals surface area contributed by atoms with Crippen LogP contribution in [0.5, 0.6) is 0 Å². The number of nitrogens with zero attached hydrogens (tertiary/aromatic N) is 3. The second-order valence-electron chi connectivity index (χ2n) is 5.07. The van der Waals surface area contributed by atoms with E-state index in [2.05, 4.69) is 46.6 Å². The Hall–Kier alpha value is -1.58. The Bertz CT molecular complexity index is 809. The standard InChI is InChI=1S/C16H15Cl2N3/c1-10-3-4-13(7-11(10)2)21-15(5-6-17)20-14-8-12(18)9-19-16(14)21/h3-4,7-9H,5-6H2,1-2H3. The Labute approximate surface area is 133 Å². The zero-order chi connectivity index (χ0) is 15.0. The number of pyridine rings is 1. The second-order valence-corrected chi connectivity index (χ2v) is 5.88. The minimum atomic E-state index is 0.516. The summed E-state index contributed by atoms with van der Waals surface area (Å²) in [7, 11) is 0. The highest BCUT2D eigenvalue weighted by molar-refractivity contribution is 6.31. The van der Waals surface area contributed by atoms with E-state index in [1.54, 1.807) is 6.20 Å². The van der Waals surface area contributed by atoms with Gasteiger partial charge in [-0.2, -0.15) is 0 Å². The molecule has 2 aromatic heterocycles. The second kappa shape index (κ2) is 5.66. The van der Waals surface area contributed by atoms with E-state index in [1.165, 1.54) is 11.1 Å². The highest BCUT2D eigenvalue weighted by Gasteiger charge is 2.14. The smallest absolute Gasteiger partial charge is 0.164 e. The molecule has 0 spiro atoms. The molecule has 1 aromatic carbocycles. The van der Waals surface area contributed by atoms with E-state index in [-0.39, 0.29) is 0 Å². The molecule has 0 radical (unpaired) electrons. The van der Waals surface area contributed by atoms with Gasteiger partial charge in [0.1, 0.15) is 11.3 Å². The van der Waals surface area contributed by atoms with Crippen molar-refractivity contribution in [1.29, 1.82) is 0 Å². The van der Waals surface area contributed by atoms with Crippen molar-refractivity contribution in [1.82, 2.24) is 14.5 Å². The summed E-state index contributed by atoms with van der Waals surface area (Å²) in [5.74, 6) is 1.42. The number of hydrogen-bond donors (Lipinski definition) is 0. The van der Waals surface area contributed by atoms with E-state index in [0.29, 0.717) is 17.3 Å². The maximum Gasteiger partial charge on any atom is 0.164 e. The van der Waals surface area contributed by atoms with Gasteiger partial charge in [0, 0.05) is 24.2 Å². The van der Waals surface area contributed by atoms with E-state index in [1.807, 2.05) is 6.07 Å². The van der Waals surface area contributed by atoms with Gasteiger partial charge in [0.15, 0.2) is 5.65 Å². The van der Waals surface area contributed by atoms with Crippen molar-refractivity contribution in [2.24, 2.45) is 0 Å². The number of aromatic nitrogens is 3. The highest BCUT2D eigenvalue weighted by Crippen LogP contribution is 2.24. The summed E-state index contributed by atoms with van der Waals surface area (Å²) in [6.07, 6.45) is 2.33. The molecule has 2 heterocycles. The summed E-state index contributed by atoms with van der Waals surface area (Å²) < 4.78 is 2.06. The van der Waals surface area contributed by atoms with Crippen LogP contribution >= 0.6 is 23.2 Å². The van der Waals surface area contributed by atoms with E-state index in [0.717, 1.165) is 22.7 Å². The Morgan fingerprint density at radius 3 is 2.67 bits per heavy atom. The van der Waals surface area contributed by atoms with E-state index < -0.39 is 0 Å². The minimum absolute atomic E-state index is 0.516. The van der Waals surface area contributed by atoms with Crippen molar-refractivity contribution < 1.29 is 0 Å². The normalized spacial score (nSPS) is 11.2. The summed E-state index contributed by atoms with van der Waals surface area (Å²) in [5.41, 5.74) is 5.15. The van der Waals surface area contributed by atoms with Crippen molar-refractivity contribution in [3.05, 3.63) is 52.4 Å². The van der Waals surface area contributed by atoms with Gasteiger partial charge in [0.05, 0.1) is 5.02 Å². The number of rotatable bonds is 3. The van der Waals surface area contributed by atoms with Crippen molar-refractivity contribution >= 4 is 34.4 Å². The number of aryl methyl sites for hydroxylation is 3. The summed E-state index contributed by atoms with van der Waals surface area (Å²) in [6.45, 7) is 4.20. The van der Waals surface area contributed by atoms with Crippen molar-refractivity contribution in [2.45, 2.75) is 20.3 Å². The fourth-order valence-electron chi connectivity index (χ4n) is 2.38. The van der Waals surface area contributed by atoms with Crippen LogP contribution in [0.1, 0.15) is 17.0 Å². The Morgan fingerprint density at radius 2 is 1.95 bits per heavy atom. The van der Waals surface area contributed by atoms with Crippen LogP contribution in [0.3, 0.4) is 0 Å². The Morgan fingerprint density at radius 1 is 1.14 bits per heavy atom. The molecule has 3 nitrogen and oxygen atoms in total. The lowest BCUT2D eigenvalue weighted by molar-refractivity contribution is 0.904. The summed E-state index contributed by atoms with van der Waals surface area (Å²) >= 11 is 11.9. The lowest BCUT2D eigenvalue weighted by Gasteiger charge is -2.10. The van der Waals surface area contributed by atoms with Gasteiger partial charge in [-0.1, -0.05) is 17.7 Å². The number of imidazole rings is 1. The predicted octanol–water partition coefficient (Wildman–Crippen LogP) is 4.47. The van der Waals surface area contributed by atoms with Crippen LogP contribution in [0.15, 0.2) is 30.5 Å². The van der Waals surface area contributed by atoms with Crippen LogP contribution in [0, 0.1) is 13.8 Å².